The predicted molar refractivity (Wildman–Crippen MR) is 73.3 cm³/mol. The van der Waals surface area contributed by atoms with Gasteiger partial charge >= 0.3 is 0 Å². The summed E-state index contributed by atoms with van der Waals surface area (Å²) in [6.07, 6.45) is 4.95. The van der Waals surface area contributed by atoms with Gasteiger partial charge in [-0.15, -0.1) is 0 Å². The van der Waals surface area contributed by atoms with Crippen molar-refractivity contribution in [3.8, 4) is 0 Å². The molecule has 2 heterocycles. The van der Waals surface area contributed by atoms with E-state index in [0.29, 0.717) is 23.4 Å². The van der Waals surface area contributed by atoms with E-state index in [1.54, 1.807) is 0 Å². The highest BCUT2D eigenvalue weighted by Gasteiger charge is 2.28. The van der Waals surface area contributed by atoms with Gasteiger partial charge in [0.2, 0.25) is 11.0 Å². The van der Waals surface area contributed by atoms with Gasteiger partial charge in [0, 0.05) is 24.1 Å². The molecule has 1 aliphatic carbocycles. The molecule has 0 bridgehead atoms. The van der Waals surface area contributed by atoms with Gasteiger partial charge in [-0.1, -0.05) is 6.92 Å². The maximum atomic E-state index is 11.9. The van der Waals surface area contributed by atoms with Crippen LogP contribution in [-0.4, -0.2) is 28.0 Å². The number of nitrogens with one attached hydrogen (secondary N) is 1. The summed E-state index contributed by atoms with van der Waals surface area (Å²) in [5.74, 6) is 2.02. The van der Waals surface area contributed by atoms with Crippen molar-refractivity contribution < 1.29 is 9.53 Å². The summed E-state index contributed by atoms with van der Waals surface area (Å²) in [6, 6.07) is 0. The minimum atomic E-state index is -0.0157. The molecule has 2 fully saturated rings. The quantitative estimate of drug-likeness (QED) is 0.921. The van der Waals surface area contributed by atoms with Crippen LogP contribution < -0.4 is 5.32 Å². The van der Waals surface area contributed by atoms with Crippen molar-refractivity contribution in [1.29, 1.82) is 0 Å². The van der Waals surface area contributed by atoms with Gasteiger partial charge < -0.3 is 10.1 Å². The number of carbonyl (C=O) groups excluding carboxylic acids is 1. The first-order valence-electron chi connectivity index (χ1n) is 6.96. The molecular formula is C13H19N3O2S. The molecule has 1 saturated heterocycles. The van der Waals surface area contributed by atoms with Crippen LogP contribution in [0, 0.1) is 5.92 Å². The maximum absolute atomic E-state index is 11.9. The van der Waals surface area contributed by atoms with Crippen LogP contribution in [0.1, 0.15) is 50.8 Å². The number of carbonyl (C=O) groups is 1. The van der Waals surface area contributed by atoms with Crippen molar-refractivity contribution in [1.82, 2.24) is 9.36 Å². The number of hydrogen-bond acceptors (Lipinski definition) is 5. The van der Waals surface area contributed by atoms with Gasteiger partial charge in [-0.2, -0.15) is 4.37 Å². The monoisotopic (exact) mass is 281 g/mol. The van der Waals surface area contributed by atoms with E-state index in [1.807, 2.05) is 0 Å². The van der Waals surface area contributed by atoms with E-state index in [4.69, 9.17) is 4.74 Å². The summed E-state index contributed by atoms with van der Waals surface area (Å²) in [7, 11) is 0. The zero-order chi connectivity index (χ0) is 13.2. The molecule has 0 spiro atoms. The van der Waals surface area contributed by atoms with E-state index >= 15 is 0 Å². The van der Waals surface area contributed by atoms with Crippen LogP contribution in [0.4, 0.5) is 5.13 Å². The van der Waals surface area contributed by atoms with Gasteiger partial charge in [0.1, 0.15) is 5.82 Å². The first-order chi connectivity index (χ1) is 9.20. The topological polar surface area (TPSA) is 64.1 Å². The van der Waals surface area contributed by atoms with Gasteiger partial charge in [-0.3, -0.25) is 4.79 Å². The summed E-state index contributed by atoms with van der Waals surface area (Å²) >= 11 is 1.27. The van der Waals surface area contributed by atoms with Crippen LogP contribution in [0.2, 0.25) is 0 Å². The minimum absolute atomic E-state index is 0.0157. The second kappa shape index (κ2) is 5.54. The van der Waals surface area contributed by atoms with E-state index in [1.165, 1.54) is 24.4 Å². The zero-order valence-electron chi connectivity index (χ0n) is 11.1. The fourth-order valence-corrected chi connectivity index (χ4v) is 2.93. The number of amides is 1. The Morgan fingerprint density at radius 3 is 2.95 bits per heavy atom. The Bertz CT molecular complexity index is 450. The third-order valence-electron chi connectivity index (χ3n) is 3.64. The third kappa shape index (κ3) is 3.51. The molecule has 1 aromatic rings. The molecular weight excluding hydrogens is 262 g/mol. The summed E-state index contributed by atoms with van der Waals surface area (Å²) in [5.41, 5.74) is 0. The number of hydrogen-bond donors (Lipinski definition) is 1. The molecule has 6 heteroatoms. The van der Waals surface area contributed by atoms with Crippen molar-refractivity contribution >= 4 is 22.6 Å². The molecule has 0 radical (unpaired) electrons. The van der Waals surface area contributed by atoms with Crippen LogP contribution in [0.25, 0.3) is 0 Å². The molecule has 19 heavy (non-hydrogen) atoms. The van der Waals surface area contributed by atoms with Crippen molar-refractivity contribution in [2.24, 2.45) is 5.92 Å². The molecule has 0 unspecified atom stereocenters. The third-order valence-corrected chi connectivity index (χ3v) is 4.29. The first-order valence-corrected chi connectivity index (χ1v) is 7.73. The minimum Gasteiger partial charge on any atom is -0.377 e. The highest BCUT2D eigenvalue weighted by molar-refractivity contribution is 7.09. The number of nitrogens with zero attached hydrogens (tertiary/aromatic N) is 2. The van der Waals surface area contributed by atoms with Gasteiger partial charge in [0.05, 0.1) is 12.5 Å². The molecule has 1 aliphatic heterocycles. The lowest BCUT2D eigenvalue weighted by atomic mass is 9.99. The summed E-state index contributed by atoms with van der Waals surface area (Å²) in [4.78, 5) is 16.3. The lowest BCUT2D eigenvalue weighted by Crippen LogP contribution is -2.28. The molecule has 1 amide bonds. The van der Waals surface area contributed by atoms with E-state index in [9.17, 15) is 4.79 Å². The van der Waals surface area contributed by atoms with Gasteiger partial charge in [-0.05, 0) is 31.6 Å². The van der Waals surface area contributed by atoms with Crippen LogP contribution >= 0.6 is 11.5 Å². The molecule has 3 rings (SSSR count). The van der Waals surface area contributed by atoms with Crippen LogP contribution in [0.3, 0.4) is 0 Å². The number of rotatable bonds is 4. The SMILES string of the molecule is C[C@@H]1CC[C@@H](CC(=O)Nc2nc(C3CC3)ns2)OC1. The van der Waals surface area contributed by atoms with Crippen molar-refractivity contribution in [2.45, 2.75) is 51.0 Å². The van der Waals surface area contributed by atoms with Crippen LogP contribution in [0.15, 0.2) is 0 Å². The largest absolute Gasteiger partial charge is 0.377 e. The average Bonchev–Trinajstić information content (AvgIpc) is 3.14. The second-order valence-corrected chi connectivity index (χ2v) is 6.37. The second-order valence-electron chi connectivity index (χ2n) is 5.62. The number of ether oxygens (including phenoxy) is 1. The fourth-order valence-electron chi connectivity index (χ4n) is 2.27. The van der Waals surface area contributed by atoms with Gasteiger partial charge in [-0.25, -0.2) is 4.98 Å². The molecule has 2 aliphatic rings. The highest BCUT2D eigenvalue weighted by atomic mass is 32.1. The Morgan fingerprint density at radius 1 is 1.42 bits per heavy atom. The van der Waals surface area contributed by atoms with Crippen molar-refractivity contribution in [3.63, 3.8) is 0 Å². The fraction of sp³-hybridized carbons (Fsp3) is 0.769. The van der Waals surface area contributed by atoms with E-state index in [0.717, 1.165) is 25.3 Å². The lowest BCUT2D eigenvalue weighted by molar-refractivity contribution is -0.120. The summed E-state index contributed by atoms with van der Waals surface area (Å²) in [6.45, 7) is 2.94. The smallest absolute Gasteiger partial charge is 0.228 e. The van der Waals surface area contributed by atoms with E-state index < -0.39 is 0 Å². The zero-order valence-corrected chi connectivity index (χ0v) is 11.9. The Balaban J connectivity index is 1.47. The molecule has 0 aromatic carbocycles. The van der Waals surface area contributed by atoms with Gasteiger partial charge in [0.15, 0.2) is 0 Å². The molecule has 104 valence electrons. The molecule has 2 atom stereocenters. The molecule has 1 aromatic heterocycles. The maximum Gasteiger partial charge on any atom is 0.228 e. The molecule has 5 nitrogen and oxygen atoms in total. The van der Waals surface area contributed by atoms with Crippen LogP contribution in [-0.2, 0) is 9.53 Å². The van der Waals surface area contributed by atoms with Crippen molar-refractivity contribution in [2.75, 3.05) is 11.9 Å². The predicted octanol–water partition coefficient (Wildman–Crippen LogP) is 2.56. The average molecular weight is 281 g/mol. The van der Waals surface area contributed by atoms with Gasteiger partial charge in [0.25, 0.3) is 0 Å². The van der Waals surface area contributed by atoms with Crippen LogP contribution in [0.5, 0.6) is 0 Å². The Morgan fingerprint density at radius 2 is 2.26 bits per heavy atom. The van der Waals surface area contributed by atoms with E-state index in [2.05, 4.69) is 21.6 Å². The van der Waals surface area contributed by atoms with Crippen molar-refractivity contribution in [3.05, 3.63) is 5.82 Å². The number of aromatic nitrogens is 2. The summed E-state index contributed by atoms with van der Waals surface area (Å²) < 4.78 is 9.93. The standard InChI is InChI=1S/C13H19N3O2S/c1-8-2-5-10(18-7-8)6-11(17)14-13-15-12(16-19-13)9-3-4-9/h8-10H,2-7H2,1H3,(H,14,15,16,17)/t8-,10+/m1/s1. The Hall–Kier alpha value is -1.01. The number of anilines is 1. The Labute approximate surface area is 116 Å². The molecule has 1 saturated carbocycles. The summed E-state index contributed by atoms with van der Waals surface area (Å²) in [5, 5.41) is 3.45. The highest BCUT2D eigenvalue weighted by Crippen LogP contribution is 2.39. The normalized spacial score (nSPS) is 27.2. The lowest BCUT2D eigenvalue weighted by Gasteiger charge is -2.26. The first kappa shape index (κ1) is 13.0. The molecule has 1 N–H and O–H groups in total. The Kier molecular flexibility index (Phi) is 3.79. The van der Waals surface area contributed by atoms with E-state index in [-0.39, 0.29) is 12.0 Å².